The zero-order valence-electron chi connectivity index (χ0n) is 12.8. The van der Waals surface area contributed by atoms with Crippen molar-refractivity contribution in [3.05, 3.63) is 65.2 Å². The van der Waals surface area contributed by atoms with Gasteiger partial charge in [0.05, 0.1) is 0 Å². The summed E-state index contributed by atoms with van der Waals surface area (Å²) in [5, 5.41) is 7.48. The van der Waals surface area contributed by atoms with Crippen molar-refractivity contribution >= 4 is 5.84 Å². The number of rotatable bonds is 4. The average molecular weight is 282 g/mol. The summed E-state index contributed by atoms with van der Waals surface area (Å²) in [4.78, 5) is 0. The minimum absolute atomic E-state index is 0.0395. The number of amidine groups is 1. The minimum atomic E-state index is 0.0395. The van der Waals surface area contributed by atoms with E-state index in [1.54, 1.807) is 0 Å². The molecule has 0 aromatic heterocycles. The van der Waals surface area contributed by atoms with Crippen LogP contribution < -0.4 is 10.5 Å². The molecule has 3 N–H and O–H groups in total. The molecule has 110 valence electrons. The molecule has 0 amide bonds. The molecular weight excluding hydrogens is 260 g/mol. The van der Waals surface area contributed by atoms with Crippen LogP contribution in [0.5, 0.6) is 5.75 Å². The third-order valence-electron chi connectivity index (χ3n) is 3.33. The first-order valence-electron chi connectivity index (χ1n) is 7.03. The molecule has 21 heavy (non-hydrogen) atoms. The molecule has 2 rings (SSSR count). The number of para-hydroxylation sites is 1. The molecule has 0 spiro atoms. The molecule has 0 radical (unpaired) electrons. The van der Waals surface area contributed by atoms with E-state index in [9.17, 15) is 0 Å². The van der Waals surface area contributed by atoms with Gasteiger partial charge in [0.15, 0.2) is 0 Å². The van der Waals surface area contributed by atoms with E-state index in [1.807, 2.05) is 42.5 Å². The Kier molecular flexibility index (Phi) is 4.32. The maximum absolute atomic E-state index is 7.48. The lowest BCUT2D eigenvalue weighted by molar-refractivity contribution is 0.297. The maximum atomic E-state index is 7.48. The van der Waals surface area contributed by atoms with Gasteiger partial charge >= 0.3 is 0 Å². The van der Waals surface area contributed by atoms with Crippen molar-refractivity contribution in [3.8, 4) is 5.75 Å². The Morgan fingerprint density at radius 1 is 1.10 bits per heavy atom. The Morgan fingerprint density at radius 3 is 2.48 bits per heavy atom. The van der Waals surface area contributed by atoms with E-state index in [0.29, 0.717) is 6.61 Å². The number of hydrogen-bond donors (Lipinski definition) is 2. The van der Waals surface area contributed by atoms with Crippen LogP contribution in [0.4, 0.5) is 0 Å². The Balaban J connectivity index is 2.17. The summed E-state index contributed by atoms with van der Waals surface area (Å²) in [6.07, 6.45) is 0. The number of nitrogens with one attached hydrogen (secondary N) is 1. The van der Waals surface area contributed by atoms with Gasteiger partial charge in [-0.15, -0.1) is 0 Å². The fourth-order valence-electron chi connectivity index (χ4n) is 2.20. The summed E-state index contributed by atoms with van der Waals surface area (Å²) >= 11 is 0. The molecule has 0 fully saturated rings. The summed E-state index contributed by atoms with van der Waals surface area (Å²) in [5.74, 6) is 0.977. The lowest BCUT2D eigenvalue weighted by atomic mass is 9.86. The Hall–Kier alpha value is -2.29. The van der Waals surface area contributed by atoms with Crippen LogP contribution in [0.25, 0.3) is 0 Å². The number of benzene rings is 2. The van der Waals surface area contributed by atoms with Gasteiger partial charge in [0.25, 0.3) is 0 Å². The summed E-state index contributed by atoms with van der Waals surface area (Å²) < 4.78 is 5.97. The number of nitrogen functional groups attached to an aromatic ring is 1. The zero-order valence-corrected chi connectivity index (χ0v) is 12.8. The van der Waals surface area contributed by atoms with Crippen LogP contribution in [0.1, 0.15) is 37.5 Å². The molecular formula is C18H22N2O. The molecule has 0 unspecified atom stereocenters. The van der Waals surface area contributed by atoms with E-state index in [2.05, 4.69) is 26.8 Å². The first-order valence-corrected chi connectivity index (χ1v) is 7.03. The van der Waals surface area contributed by atoms with Gasteiger partial charge in [-0.1, -0.05) is 57.2 Å². The van der Waals surface area contributed by atoms with E-state index >= 15 is 0 Å². The smallest absolute Gasteiger partial charge is 0.123 e. The average Bonchev–Trinajstić information content (AvgIpc) is 2.45. The van der Waals surface area contributed by atoms with Gasteiger partial charge in [0.1, 0.15) is 18.2 Å². The molecule has 0 aliphatic carbocycles. The molecule has 0 aliphatic heterocycles. The van der Waals surface area contributed by atoms with Gasteiger partial charge in [0.2, 0.25) is 0 Å². The summed E-state index contributed by atoms with van der Waals surface area (Å²) in [5.41, 5.74) is 8.47. The molecule has 3 nitrogen and oxygen atoms in total. The minimum Gasteiger partial charge on any atom is -0.489 e. The first-order chi connectivity index (χ1) is 9.88. The number of nitrogens with two attached hydrogens (primary N) is 1. The van der Waals surface area contributed by atoms with Crippen molar-refractivity contribution in [2.75, 3.05) is 0 Å². The van der Waals surface area contributed by atoms with Crippen molar-refractivity contribution in [2.45, 2.75) is 32.8 Å². The molecule has 0 bridgehead atoms. The largest absolute Gasteiger partial charge is 0.489 e. The molecule has 0 heterocycles. The third kappa shape index (κ3) is 3.85. The third-order valence-corrected chi connectivity index (χ3v) is 3.33. The van der Waals surface area contributed by atoms with Gasteiger partial charge in [-0.3, -0.25) is 5.41 Å². The van der Waals surface area contributed by atoms with Crippen LogP contribution in [0.2, 0.25) is 0 Å². The van der Waals surface area contributed by atoms with Crippen LogP contribution in [-0.4, -0.2) is 5.84 Å². The second-order valence-corrected chi connectivity index (χ2v) is 6.15. The van der Waals surface area contributed by atoms with Crippen LogP contribution in [0.15, 0.2) is 48.5 Å². The van der Waals surface area contributed by atoms with Crippen molar-refractivity contribution in [3.63, 3.8) is 0 Å². The Labute approximate surface area is 126 Å². The van der Waals surface area contributed by atoms with Crippen LogP contribution in [-0.2, 0) is 12.0 Å². The standard InChI is InChI=1S/C18H22N2O/c1-18(2,3)15-9-4-5-10-16(15)21-12-13-7-6-8-14(11-13)17(19)20/h4-11H,12H2,1-3H3,(H3,19,20). The Bertz CT molecular complexity index is 642. The van der Waals surface area contributed by atoms with Crippen LogP contribution in [0.3, 0.4) is 0 Å². The van der Waals surface area contributed by atoms with Crippen molar-refractivity contribution in [1.82, 2.24) is 0 Å². The lowest BCUT2D eigenvalue weighted by Crippen LogP contribution is -2.14. The quantitative estimate of drug-likeness (QED) is 0.661. The SMILES string of the molecule is CC(C)(C)c1ccccc1OCc1cccc(C(=N)N)c1. The Morgan fingerprint density at radius 2 is 1.81 bits per heavy atom. The number of hydrogen-bond acceptors (Lipinski definition) is 2. The van der Waals surface area contributed by atoms with E-state index < -0.39 is 0 Å². The van der Waals surface area contributed by atoms with E-state index in [-0.39, 0.29) is 11.3 Å². The van der Waals surface area contributed by atoms with Gasteiger partial charge in [0, 0.05) is 5.56 Å². The lowest BCUT2D eigenvalue weighted by Gasteiger charge is -2.22. The summed E-state index contributed by atoms with van der Waals surface area (Å²) in [6.45, 7) is 6.98. The van der Waals surface area contributed by atoms with Gasteiger partial charge < -0.3 is 10.5 Å². The van der Waals surface area contributed by atoms with Crippen molar-refractivity contribution < 1.29 is 4.74 Å². The summed E-state index contributed by atoms with van der Waals surface area (Å²) in [7, 11) is 0. The zero-order chi connectivity index (χ0) is 15.5. The van der Waals surface area contributed by atoms with E-state index in [0.717, 1.165) is 16.9 Å². The first kappa shape index (κ1) is 15.1. The van der Waals surface area contributed by atoms with Gasteiger partial charge in [-0.25, -0.2) is 0 Å². The maximum Gasteiger partial charge on any atom is 0.123 e. The molecule has 0 saturated carbocycles. The molecule has 2 aromatic rings. The monoisotopic (exact) mass is 282 g/mol. The topological polar surface area (TPSA) is 59.1 Å². The fourth-order valence-corrected chi connectivity index (χ4v) is 2.20. The van der Waals surface area contributed by atoms with Crippen molar-refractivity contribution in [2.24, 2.45) is 5.73 Å². The molecule has 0 atom stereocenters. The highest BCUT2D eigenvalue weighted by molar-refractivity contribution is 5.95. The normalized spacial score (nSPS) is 11.2. The fraction of sp³-hybridized carbons (Fsp3) is 0.278. The highest BCUT2D eigenvalue weighted by Crippen LogP contribution is 2.31. The number of ether oxygens (including phenoxy) is 1. The van der Waals surface area contributed by atoms with Crippen LogP contribution >= 0.6 is 0 Å². The highest BCUT2D eigenvalue weighted by atomic mass is 16.5. The van der Waals surface area contributed by atoms with Crippen molar-refractivity contribution in [1.29, 1.82) is 5.41 Å². The highest BCUT2D eigenvalue weighted by Gasteiger charge is 2.18. The van der Waals surface area contributed by atoms with E-state index in [1.165, 1.54) is 5.56 Å². The van der Waals surface area contributed by atoms with Gasteiger partial charge in [-0.2, -0.15) is 0 Å². The molecule has 3 heteroatoms. The van der Waals surface area contributed by atoms with Crippen LogP contribution in [0, 0.1) is 5.41 Å². The molecule has 0 aliphatic rings. The predicted molar refractivity (Wildman–Crippen MR) is 86.9 cm³/mol. The predicted octanol–water partition coefficient (Wildman–Crippen LogP) is 3.85. The molecule has 0 saturated heterocycles. The second-order valence-electron chi connectivity index (χ2n) is 6.15. The van der Waals surface area contributed by atoms with E-state index in [4.69, 9.17) is 15.9 Å². The van der Waals surface area contributed by atoms with Gasteiger partial charge in [-0.05, 0) is 28.7 Å². The molecule has 2 aromatic carbocycles. The summed E-state index contributed by atoms with van der Waals surface area (Å²) in [6, 6.07) is 15.7. The second kappa shape index (κ2) is 6.00.